The highest BCUT2D eigenvalue weighted by Crippen LogP contribution is 2.24. The number of carboxylic acid groups (broad SMARTS) is 3. The maximum atomic E-state index is 11.6. The van der Waals surface area contributed by atoms with Crippen molar-refractivity contribution < 1.29 is 29.7 Å². The lowest BCUT2D eigenvalue weighted by Gasteiger charge is -2.17. The number of hydrazine groups is 5. The Hall–Kier alpha value is -1.83. The summed E-state index contributed by atoms with van der Waals surface area (Å²) in [6, 6.07) is 0. The lowest BCUT2D eigenvalue weighted by atomic mass is 9.87. The fourth-order valence-corrected chi connectivity index (χ4v) is 4.21. The van der Waals surface area contributed by atoms with Gasteiger partial charge in [-0.05, 0) is 38.5 Å². The molecule has 0 aliphatic carbocycles. The summed E-state index contributed by atoms with van der Waals surface area (Å²) >= 11 is 0. The van der Waals surface area contributed by atoms with Crippen LogP contribution >= 0.6 is 0 Å². The van der Waals surface area contributed by atoms with Gasteiger partial charge in [0.2, 0.25) is 0 Å². The minimum absolute atomic E-state index is 0.158. The minimum atomic E-state index is -0.946. The van der Waals surface area contributed by atoms with Gasteiger partial charge in [-0.1, -0.05) is 64.7 Å². The van der Waals surface area contributed by atoms with Crippen LogP contribution in [0.3, 0.4) is 0 Å². The summed E-state index contributed by atoms with van der Waals surface area (Å²) < 4.78 is 0. The fraction of sp³-hybridized carbons (Fsp3) is 0.870. The van der Waals surface area contributed by atoms with E-state index in [1.807, 2.05) is 6.92 Å². The number of nitrogens with two attached hydrogens (primary N) is 1. The standard InChI is InChI=1S/C23H48N6O6/c1-2-12-19(22(32)33)17-20(23(34)35)15-10-7-9-14-18(21(30)31)13-8-5-3-4-6-11-16-25-27-29-28-26-24/h18-20,25-29H,2-17,24H2,1H3,(H,30,31)(H,32,33)(H,34,35). The Bertz CT molecular complexity index is 569. The van der Waals surface area contributed by atoms with E-state index < -0.39 is 29.7 Å². The first kappa shape index (κ1) is 33.2. The molecule has 0 rings (SSSR count). The highest BCUT2D eigenvalue weighted by atomic mass is 16.4. The minimum Gasteiger partial charge on any atom is -0.481 e. The van der Waals surface area contributed by atoms with Gasteiger partial charge in [0, 0.05) is 6.54 Å². The van der Waals surface area contributed by atoms with Crippen molar-refractivity contribution in [3.63, 3.8) is 0 Å². The number of hydrogen-bond acceptors (Lipinski definition) is 9. The third-order valence-electron chi connectivity index (χ3n) is 6.25. The van der Waals surface area contributed by atoms with Gasteiger partial charge in [-0.15, -0.1) is 0 Å². The maximum absolute atomic E-state index is 11.6. The predicted octanol–water partition coefficient (Wildman–Crippen LogP) is 2.44. The summed E-state index contributed by atoms with van der Waals surface area (Å²) in [6.07, 6.45) is 11.5. The van der Waals surface area contributed by atoms with Crippen LogP contribution in [0.15, 0.2) is 0 Å². The molecule has 3 atom stereocenters. The predicted molar refractivity (Wildman–Crippen MR) is 133 cm³/mol. The van der Waals surface area contributed by atoms with Gasteiger partial charge in [0.05, 0.1) is 17.8 Å². The topological polar surface area (TPSA) is 198 Å². The third kappa shape index (κ3) is 19.1. The van der Waals surface area contributed by atoms with Crippen LogP contribution in [0.1, 0.15) is 103 Å². The lowest BCUT2D eigenvalue weighted by molar-refractivity contribution is -0.146. The molecule has 0 bridgehead atoms. The van der Waals surface area contributed by atoms with Crippen molar-refractivity contribution in [3.05, 3.63) is 0 Å². The second-order valence-electron chi connectivity index (χ2n) is 9.12. The van der Waals surface area contributed by atoms with Crippen molar-refractivity contribution >= 4 is 17.9 Å². The first-order chi connectivity index (χ1) is 16.8. The van der Waals surface area contributed by atoms with Crippen molar-refractivity contribution in [1.29, 1.82) is 0 Å². The second-order valence-corrected chi connectivity index (χ2v) is 9.12. The highest BCUT2D eigenvalue weighted by Gasteiger charge is 2.26. The number of aliphatic carboxylic acids is 3. The van der Waals surface area contributed by atoms with E-state index in [-0.39, 0.29) is 12.3 Å². The van der Waals surface area contributed by atoms with E-state index in [9.17, 15) is 29.7 Å². The average Bonchev–Trinajstić information content (AvgIpc) is 2.81. The molecule has 0 radical (unpaired) electrons. The van der Waals surface area contributed by atoms with Gasteiger partial charge in [-0.2, -0.15) is 22.1 Å². The fourth-order valence-electron chi connectivity index (χ4n) is 4.21. The Kier molecular flexibility index (Phi) is 21.4. The SMILES string of the molecule is CCCC(CC(CCCCCC(CCCCCCCCNNNNNN)C(=O)O)C(=O)O)C(=O)O. The van der Waals surface area contributed by atoms with Crippen LogP contribution in [0.25, 0.3) is 0 Å². The Labute approximate surface area is 209 Å². The van der Waals surface area contributed by atoms with Crippen molar-refractivity contribution in [2.75, 3.05) is 6.54 Å². The molecule has 0 saturated carbocycles. The summed E-state index contributed by atoms with van der Waals surface area (Å²) in [7, 11) is 0. The van der Waals surface area contributed by atoms with Crippen LogP contribution in [0.5, 0.6) is 0 Å². The van der Waals surface area contributed by atoms with Gasteiger partial charge in [0.1, 0.15) is 0 Å². The molecule has 0 amide bonds. The normalized spacial score (nSPS) is 13.9. The number of rotatable bonds is 26. The van der Waals surface area contributed by atoms with Crippen molar-refractivity contribution in [2.24, 2.45) is 23.6 Å². The summed E-state index contributed by atoms with van der Waals surface area (Å²) in [6.45, 7) is 2.70. The molecular formula is C23H48N6O6. The van der Waals surface area contributed by atoms with Gasteiger partial charge in [-0.3, -0.25) is 20.2 Å². The number of unbranched alkanes of at least 4 members (excludes halogenated alkanes) is 7. The van der Waals surface area contributed by atoms with Crippen LogP contribution in [-0.2, 0) is 14.4 Å². The van der Waals surface area contributed by atoms with Gasteiger partial charge in [0.25, 0.3) is 0 Å². The molecule has 0 aliphatic rings. The molecule has 35 heavy (non-hydrogen) atoms. The van der Waals surface area contributed by atoms with E-state index >= 15 is 0 Å². The summed E-state index contributed by atoms with van der Waals surface area (Å²) in [5, 5.41) is 28.2. The number of carboxylic acids is 3. The molecule has 0 spiro atoms. The molecule has 0 fully saturated rings. The molecule has 0 aromatic carbocycles. The quantitative estimate of drug-likeness (QED) is 0.0474. The molecule has 0 aromatic rings. The van der Waals surface area contributed by atoms with Crippen LogP contribution < -0.4 is 33.4 Å². The Morgan fingerprint density at radius 1 is 0.629 bits per heavy atom. The molecular weight excluding hydrogens is 456 g/mol. The molecule has 0 aliphatic heterocycles. The van der Waals surface area contributed by atoms with Gasteiger partial charge in [0.15, 0.2) is 0 Å². The molecule has 0 heterocycles. The number of hydrogen-bond donors (Lipinski definition) is 9. The van der Waals surface area contributed by atoms with Crippen LogP contribution in [0.4, 0.5) is 0 Å². The smallest absolute Gasteiger partial charge is 0.306 e. The van der Waals surface area contributed by atoms with Crippen molar-refractivity contribution in [1.82, 2.24) is 27.6 Å². The molecule has 206 valence electrons. The molecule has 12 heteroatoms. The Morgan fingerprint density at radius 3 is 1.60 bits per heavy atom. The van der Waals surface area contributed by atoms with Crippen LogP contribution in [0.2, 0.25) is 0 Å². The van der Waals surface area contributed by atoms with E-state index in [2.05, 4.69) is 27.6 Å². The largest absolute Gasteiger partial charge is 0.481 e. The van der Waals surface area contributed by atoms with Gasteiger partial charge >= 0.3 is 17.9 Å². The zero-order chi connectivity index (χ0) is 26.3. The van der Waals surface area contributed by atoms with E-state index in [1.54, 1.807) is 0 Å². The second kappa shape index (κ2) is 22.6. The average molecular weight is 505 g/mol. The van der Waals surface area contributed by atoms with Crippen LogP contribution in [-0.4, -0.2) is 39.8 Å². The van der Waals surface area contributed by atoms with E-state index in [0.29, 0.717) is 38.5 Å². The van der Waals surface area contributed by atoms with E-state index in [1.165, 1.54) is 0 Å². The number of nitrogens with one attached hydrogen (secondary N) is 5. The highest BCUT2D eigenvalue weighted by molar-refractivity contribution is 5.73. The summed E-state index contributed by atoms with van der Waals surface area (Å²) in [5.74, 6) is 0.736. The van der Waals surface area contributed by atoms with E-state index in [0.717, 1.165) is 57.9 Å². The molecule has 0 saturated heterocycles. The van der Waals surface area contributed by atoms with Gasteiger partial charge < -0.3 is 15.3 Å². The Morgan fingerprint density at radius 2 is 1.09 bits per heavy atom. The Balaban J connectivity index is 3.95. The monoisotopic (exact) mass is 504 g/mol. The first-order valence-electron chi connectivity index (χ1n) is 12.9. The zero-order valence-corrected chi connectivity index (χ0v) is 21.2. The van der Waals surface area contributed by atoms with Gasteiger partial charge in [-0.25, -0.2) is 5.43 Å². The molecule has 3 unspecified atom stereocenters. The summed E-state index contributed by atoms with van der Waals surface area (Å²) in [5.41, 5.74) is 12.9. The number of carbonyl (C=O) groups is 3. The summed E-state index contributed by atoms with van der Waals surface area (Å²) in [4.78, 5) is 34.4. The van der Waals surface area contributed by atoms with Crippen LogP contribution in [0, 0.1) is 17.8 Å². The van der Waals surface area contributed by atoms with Crippen molar-refractivity contribution in [3.8, 4) is 0 Å². The maximum Gasteiger partial charge on any atom is 0.306 e. The third-order valence-corrected chi connectivity index (χ3v) is 6.25. The lowest BCUT2D eigenvalue weighted by Crippen LogP contribution is -2.57. The molecule has 12 nitrogen and oxygen atoms in total. The molecule has 0 aromatic heterocycles. The van der Waals surface area contributed by atoms with Crippen molar-refractivity contribution in [2.45, 2.75) is 103 Å². The molecule has 10 N–H and O–H groups in total. The first-order valence-corrected chi connectivity index (χ1v) is 12.9. The zero-order valence-electron chi connectivity index (χ0n) is 21.2. The van der Waals surface area contributed by atoms with E-state index in [4.69, 9.17) is 5.84 Å².